The van der Waals surface area contributed by atoms with E-state index < -0.39 is 0 Å². The van der Waals surface area contributed by atoms with Crippen molar-refractivity contribution in [1.29, 1.82) is 0 Å². The fourth-order valence-electron chi connectivity index (χ4n) is 1.55. The minimum atomic E-state index is -0.249. The molecule has 1 aliphatic carbocycles. The number of carbonyl (C=O) groups excluding carboxylic acids is 1. The number of hydrogen-bond donors (Lipinski definition) is 2. The smallest absolute Gasteiger partial charge is 0.220 e. The molecule has 0 aromatic carbocycles. The highest BCUT2D eigenvalue weighted by molar-refractivity contribution is 5.85. The van der Waals surface area contributed by atoms with Crippen LogP contribution in [0.15, 0.2) is 0 Å². The second-order valence-corrected chi connectivity index (χ2v) is 5.31. The monoisotopic (exact) mass is 248 g/mol. The number of halogens is 1. The number of carbonyl (C=O) groups is 1. The summed E-state index contributed by atoms with van der Waals surface area (Å²) in [5.41, 5.74) is 5.46. The zero-order valence-corrected chi connectivity index (χ0v) is 11.4. The van der Waals surface area contributed by atoms with Gasteiger partial charge in [-0.1, -0.05) is 26.7 Å². The fourth-order valence-corrected chi connectivity index (χ4v) is 1.55. The van der Waals surface area contributed by atoms with E-state index in [1.807, 2.05) is 6.92 Å². The van der Waals surface area contributed by atoms with E-state index in [1.165, 1.54) is 12.8 Å². The van der Waals surface area contributed by atoms with Crippen molar-refractivity contribution in [2.75, 3.05) is 6.54 Å². The third-order valence-corrected chi connectivity index (χ3v) is 3.60. The number of amides is 1. The fraction of sp³-hybridized carbons (Fsp3) is 0.917. The molecule has 16 heavy (non-hydrogen) atoms. The largest absolute Gasteiger partial charge is 0.349 e. The summed E-state index contributed by atoms with van der Waals surface area (Å²) in [6.45, 7) is 6.70. The molecule has 0 radical (unpaired) electrons. The normalized spacial score (nSPS) is 18.8. The van der Waals surface area contributed by atoms with Gasteiger partial charge in [0.15, 0.2) is 0 Å². The minimum Gasteiger partial charge on any atom is -0.349 e. The lowest BCUT2D eigenvalue weighted by Gasteiger charge is -2.33. The molecule has 3 N–H and O–H groups in total. The van der Waals surface area contributed by atoms with Gasteiger partial charge < -0.3 is 11.1 Å². The Labute approximate surface area is 105 Å². The minimum absolute atomic E-state index is 0. The van der Waals surface area contributed by atoms with Gasteiger partial charge in [-0.05, 0) is 25.2 Å². The predicted octanol–water partition coefficient (Wildman–Crippen LogP) is 2.09. The van der Waals surface area contributed by atoms with E-state index in [1.54, 1.807) is 0 Å². The second kappa shape index (κ2) is 6.45. The Bertz CT molecular complexity index is 229. The van der Waals surface area contributed by atoms with Gasteiger partial charge in [0.05, 0.1) is 5.54 Å². The highest BCUT2D eigenvalue weighted by Gasteiger charge is 2.29. The molecule has 0 spiro atoms. The van der Waals surface area contributed by atoms with E-state index in [9.17, 15) is 4.79 Å². The van der Waals surface area contributed by atoms with Crippen molar-refractivity contribution >= 4 is 18.3 Å². The van der Waals surface area contributed by atoms with Crippen LogP contribution in [0.5, 0.6) is 0 Å². The Morgan fingerprint density at radius 1 is 1.50 bits per heavy atom. The van der Waals surface area contributed by atoms with Gasteiger partial charge in [0.1, 0.15) is 0 Å². The highest BCUT2D eigenvalue weighted by Crippen LogP contribution is 2.33. The molecule has 0 aromatic rings. The van der Waals surface area contributed by atoms with Crippen molar-refractivity contribution < 1.29 is 4.79 Å². The average Bonchev–Trinajstić information content (AvgIpc) is 2.97. The molecule has 1 rings (SSSR count). The Balaban J connectivity index is 0.00000225. The van der Waals surface area contributed by atoms with Crippen molar-refractivity contribution in [3.63, 3.8) is 0 Å². The molecule has 0 aliphatic heterocycles. The van der Waals surface area contributed by atoms with Crippen LogP contribution in [-0.4, -0.2) is 18.0 Å². The molecule has 1 amide bonds. The van der Waals surface area contributed by atoms with Gasteiger partial charge in [-0.2, -0.15) is 0 Å². The summed E-state index contributed by atoms with van der Waals surface area (Å²) in [4.78, 5) is 11.7. The average molecular weight is 249 g/mol. The van der Waals surface area contributed by atoms with Gasteiger partial charge in [-0.3, -0.25) is 4.79 Å². The molecule has 0 heterocycles. The first kappa shape index (κ1) is 15.7. The topological polar surface area (TPSA) is 55.1 Å². The molecule has 1 saturated carbocycles. The van der Waals surface area contributed by atoms with Crippen LogP contribution in [0.1, 0.15) is 46.5 Å². The van der Waals surface area contributed by atoms with E-state index in [4.69, 9.17) is 5.73 Å². The molecule has 0 saturated heterocycles. The summed E-state index contributed by atoms with van der Waals surface area (Å²) in [6.07, 6.45) is 4.33. The molecule has 96 valence electrons. The van der Waals surface area contributed by atoms with Crippen molar-refractivity contribution in [2.45, 2.75) is 52.0 Å². The summed E-state index contributed by atoms with van der Waals surface area (Å²) in [5.74, 6) is 1.34. The van der Waals surface area contributed by atoms with Crippen LogP contribution in [0.25, 0.3) is 0 Å². The first-order valence-electron chi connectivity index (χ1n) is 5.99. The van der Waals surface area contributed by atoms with Crippen molar-refractivity contribution in [3.05, 3.63) is 0 Å². The van der Waals surface area contributed by atoms with Crippen molar-refractivity contribution in [2.24, 2.45) is 17.6 Å². The van der Waals surface area contributed by atoms with Crippen LogP contribution >= 0.6 is 12.4 Å². The summed E-state index contributed by atoms with van der Waals surface area (Å²) < 4.78 is 0. The van der Waals surface area contributed by atoms with Crippen LogP contribution in [0.2, 0.25) is 0 Å². The second-order valence-electron chi connectivity index (χ2n) is 5.31. The third-order valence-electron chi connectivity index (χ3n) is 3.60. The molecule has 1 aliphatic rings. The van der Waals surface area contributed by atoms with E-state index >= 15 is 0 Å². The van der Waals surface area contributed by atoms with Crippen LogP contribution in [-0.2, 0) is 4.79 Å². The van der Waals surface area contributed by atoms with Crippen LogP contribution in [0.3, 0.4) is 0 Å². The van der Waals surface area contributed by atoms with Crippen molar-refractivity contribution in [3.8, 4) is 0 Å². The standard InChI is InChI=1S/C12H24N2O.ClH/c1-9(2)12(3,8-13)14-11(15)7-6-10-4-5-10;/h9-10H,4-8,13H2,1-3H3,(H,14,15);1H. The Kier molecular flexibility index (Phi) is 6.34. The zero-order chi connectivity index (χ0) is 11.5. The Hall–Kier alpha value is -0.280. The van der Waals surface area contributed by atoms with Gasteiger partial charge in [-0.15, -0.1) is 12.4 Å². The number of nitrogens with one attached hydrogen (secondary N) is 1. The lowest BCUT2D eigenvalue weighted by Crippen LogP contribution is -2.54. The lowest BCUT2D eigenvalue weighted by molar-refractivity contribution is -0.123. The third kappa shape index (κ3) is 4.71. The summed E-state index contributed by atoms with van der Waals surface area (Å²) >= 11 is 0. The SMILES string of the molecule is CC(C)C(C)(CN)NC(=O)CCC1CC1.Cl. The molecule has 1 unspecified atom stereocenters. The van der Waals surface area contributed by atoms with E-state index in [-0.39, 0.29) is 23.9 Å². The molecular weight excluding hydrogens is 224 g/mol. The van der Waals surface area contributed by atoms with Gasteiger partial charge in [0.25, 0.3) is 0 Å². The van der Waals surface area contributed by atoms with E-state index in [0.29, 0.717) is 18.9 Å². The maximum absolute atomic E-state index is 11.7. The molecule has 3 nitrogen and oxygen atoms in total. The summed E-state index contributed by atoms with van der Waals surface area (Å²) in [7, 11) is 0. The van der Waals surface area contributed by atoms with E-state index in [0.717, 1.165) is 12.3 Å². The lowest BCUT2D eigenvalue weighted by atomic mass is 9.88. The van der Waals surface area contributed by atoms with Crippen LogP contribution < -0.4 is 11.1 Å². The molecular formula is C12H25ClN2O. The quantitative estimate of drug-likeness (QED) is 0.756. The van der Waals surface area contributed by atoms with Gasteiger partial charge in [0.2, 0.25) is 5.91 Å². The first-order chi connectivity index (χ1) is 6.98. The Morgan fingerprint density at radius 2 is 2.06 bits per heavy atom. The van der Waals surface area contributed by atoms with Gasteiger partial charge in [0, 0.05) is 13.0 Å². The zero-order valence-electron chi connectivity index (χ0n) is 10.6. The van der Waals surface area contributed by atoms with Gasteiger partial charge in [-0.25, -0.2) is 0 Å². The number of nitrogens with two attached hydrogens (primary N) is 1. The molecule has 4 heteroatoms. The van der Waals surface area contributed by atoms with Crippen LogP contribution in [0, 0.1) is 11.8 Å². The van der Waals surface area contributed by atoms with Gasteiger partial charge >= 0.3 is 0 Å². The van der Waals surface area contributed by atoms with E-state index in [2.05, 4.69) is 19.2 Å². The summed E-state index contributed by atoms with van der Waals surface area (Å²) in [6, 6.07) is 0. The number of rotatable bonds is 6. The predicted molar refractivity (Wildman–Crippen MR) is 69.6 cm³/mol. The molecule has 0 bridgehead atoms. The maximum Gasteiger partial charge on any atom is 0.220 e. The summed E-state index contributed by atoms with van der Waals surface area (Å²) in [5, 5.41) is 3.06. The van der Waals surface area contributed by atoms with Crippen LogP contribution in [0.4, 0.5) is 0 Å². The Morgan fingerprint density at radius 3 is 2.44 bits per heavy atom. The molecule has 1 fully saturated rings. The molecule has 1 atom stereocenters. The van der Waals surface area contributed by atoms with Crippen molar-refractivity contribution in [1.82, 2.24) is 5.32 Å². The maximum atomic E-state index is 11.7. The number of hydrogen-bond acceptors (Lipinski definition) is 2. The molecule has 0 aromatic heterocycles. The highest BCUT2D eigenvalue weighted by atomic mass is 35.5. The first-order valence-corrected chi connectivity index (χ1v) is 5.99.